The second kappa shape index (κ2) is 1.79. The van der Waals surface area contributed by atoms with E-state index in [0.29, 0.717) is 6.04 Å². The van der Waals surface area contributed by atoms with Crippen molar-refractivity contribution in [3.05, 3.63) is 24.6 Å². The van der Waals surface area contributed by atoms with Crippen molar-refractivity contribution in [3.63, 3.8) is 0 Å². The molecule has 1 atom stereocenters. The van der Waals surface area contributed by atoms with Crippen LogP contribution in [0.5, 0.6) is 0 Å². The lowest BCUT2D eigenvalue weighted by Gasteiger charge is -2.26. The van der Waals surface area contributed by atoms with Gasteiger partial charge in [-0.05, 0) is 0 Å². The van der Waals surface area contributed by atoms with Crippen molar-refractivity contribution in [2.24, 2.45) is 0 Å². The van der Waals surface area contributed by atoms with Gasteiger partial charge in [-0.25, -0.2) is 0 Å². The molecule has 0 aromatic carbocycles. The van der Waals surface area contributed by atoms with Gasteiger partial charge in [-0.3, -0.25) is 0 Å². The Morgan fingerprint density at radius 2 is 2.56 bits per heavy atom. The molecule has 0 amide bonds. The molecule has 2 heteroatoms. The summed E-state index contributed by atoms with van der Waals surface area (Å²) in [5.74, 6) is 0. The minimum atomic E-state index is 0.620. The molecule has 0 fully saturated rings. The summed E-state index contributed by atoms with van der Waals surface area (Å²) in [6.45, 7) is 2.15. The fourth-order valence-corrected chi connectivity index (χ4v) is 1.28. The third kappa shape index (κ3) is 0.707. The number of nitrogens with zero attached hydrogens (tertiary/aromatic N) is 1. The van der Waals surface area contributed by atoms with E-state index < -0.39 is 0 Å². The van der Waals surface area contributed by atoms with Crippen LogP contribution in [0, 0.1) is 0 Å². The molecule has 0 aromatic rings. The molecule has 2 rings (SSSR count). The highest BCUT2D eigenvalue weighted by molar-refractivity contribution is 5.11. The summed E-state index contributed by atoms with van der Waals surface area (Å²) in [6.07, 6.45) is 8.57. The SMILES string of the molecule is C1=CC2CNC=CN2C1. The Bertz CT molecular complexity index is 160. The molecule has 2 aliphatic rings. The van der Waals surface area contributed by atoms with E-state index in [1.807, 2.05) is 6.20 Å². The van der Waals surface area contributed by atoms with Crippen LogP contribution < -0.4 is 5.32 Å². The third-order valence-electron chi connectivity index (χ3n) is 1.81. The quantitative estimate of drug-likeness (QED) is 0.465. The number of rotatable bonds is 0. The minimum Gasteiger partial charge on any atom is -0.387 e. The van der Waals surface area contributed by atoms with Crippen LogP contribution in [0.25, 0.3) is 0 Å². The van der Waals surface area contributed by atoms with Gasteiger partial charge in [0.2, 0.25) is 0 Å². The molecule has 48 valence electrons. The van der Waals surface area contributed by atoms with Gasteiger partial charge < -0.3 is 10.2 Å². The van der Waals surface area contributed by atoms with E-state index in [1.54, 1.807) is 0 Å². The molecule has 0 aliphatic carbocycles. The summed E-state index contributed by atoms with van der Waals surface area (Å²) in [7, 11) is 0. The van der Waals surface area contributed by atoms with E-state index in [-0.39, 0.29) is 0 Å². The highest BCUT2D eigenvalue weighted by Crippen LogP contribution is 2.10. The van der Waals surface area contributed by atoms with E-state index >= 15 is 0 Å². The molecular formula is C7H10N2. The Labute approximate surface area is 54.8 Å². The second-order valence-corrected chi connectivity index (χ2v) is 2.42. The molecule has 0 aromatic heterocycles. The molecule has 2 aliphatic heterocycles. The lowest BCUT2D eigenvalue weighted by atomic mass is 10.3. The summed E-state index contributed by atoms with van der Waals surface area (Å²) >= 11 is 0. The summed E-state index contributed by atoms with van der Waals surface area (Å²) in [5.41, 5.74) is 0. The standard InChI is InChI=1S/C7H10N2/c1-2-7-6-8-3-5-9(7)4-1/h1-3,5,7-8H,4,6H2. The normalized spacial score (nSPS) is 30.2. The molecule has 0 bridgehead atoms. The largest absolute Gasteiger partial charge is 0.387 e. The van der Waals surface area contributed by atoms with Crippen molar-refractivity contribution in [3.8, 4) is 0 Å². The van der Waals surface area contributed by atoms with Crippen molar-refractivity contribution in [1.82, 2.24) is 10.2 Å². The molecule has 0 saturated heterocycles. The first-order chi connectivity index (χ1) is 4.47. The van der Waals surface area contributed by atoms with Gasteiger partial charge in [-0.2, -0.15) is 0 Å². The topological polar surface area (TPSA) is 15.3 Å². The molecule has 2 nitrogen and oxygen atoms in total. The molecule has 0 spiro atoms. The van der Waals surface area contributed by atoms with Crippen LogP contribution in [0.3, 0.4) is 0 Å². The van der Waals surface area contributed by atoms with Gasteiger partial charge in [0.25, 0.3) is 0 Å². The van der Waals surface area contributed by atoms with Gasteiger partial charge >= 0.3 is 0 Å². The van der Waals surface area contributed by atoms with Crippen LogP contribution in [0.1, 0.15) is 0 Å². The average Bonchev–Trinajstić information content (AvgIpc) is 2.33. The summed E-state index contributed by atoms with van der Waals surface area (Å²) < 4.78 is 0. The Kier molecular flexibility index (Phi) is 0.979. The van der Waals surface area contributed by atoms with Crippen LogP contribution in [-0.4, -0.2) is 24.0 Å². The van der Waals surface area contributed by atoms with Crippen molar-refractivity contribution in [1.29, 1.82) is 0 Å². The molecule has 9 heavy (non-hydrogen) atoms. The van der Waals surface area contributed by atoms with Crippen LogP contribution in [0.15, 0.2) is 24.6 Å². The first-order valence-electron chi connectivity index (χ1n) is 3.29. The smallest absolute Gasteiger partial charge is 0.0644 e. The zero-order chi connectivity index (χ0) is 6.10. The van der Waals surface area contributed by atoms with Crippen molar-refractivity contribution < 1.29 is 0 Å². The van der Waals surface area contributed by atoms with Crippen LogP contribution in [0.2, 0.25) is 0 Å². The molecule has 0 radical (unpaired) electrons. The lowest BCUT2D eigenvalue weighted by Crippen LogP contribution is -2.37. The fourth-order valence-electron chi connectivity index (χ4n) is 1.28. The Balaban J connectivity index is 2.16. The van der Waals surface area contributed by atoms with E-state index in [9.17, 15) is 0 Å². The van der Waals surface area contributed by atoms with E-state index in [2.05, 4.69) is 28.6 Å². The van der Waals surface area contributed by atoms with Gasteiger partial charge in [0, 0.05) is 25.5 Å². The first kappa shape index (κ1) is 4.91. The van der Waals surface area contributed by atoms with Crippen molar-refractivity contribution >= 4 is 0 Å². The van der Waals surface area contributed by atoms with Gasteiger partial charge in [-0.1, -0.05) is 12.2 Å². The monoisotopic (exact) mass is 122 g/mol. The number of hydrogen-bond acceptors (Lipinski definition) is 2. The predicted octanol–water partition coefficient (Wildman–Crippen LogP) is 0.301. The zero-order valence-corrected chi connectivity index (χ0v) is 5.25. The highest BCUT2D eigenvalue weighted by Gasteiger charge is 2.17. The minimum absolute atomic E-state index is 0.620. The summed E-state index contributed by atoms with van der Waals surface area (Å²) in [4.78, 5) is 2.32. The maximum Gasteiger partial charge on any atom is 0.0644 e. The molecule has 0 saturated carbocycles. The van der Waals surface area contributed by atoms with E-state index in [0.717, 1.165) is 13.1 Å². The summed E-state index contributed by atoms with van der Waals surface area (Å²) in [5, 5.41) is 3.18. The number of nitrogens with one attached hydrogen (secondary N) is 1. The third-order valence-corrected chi connectivity index (χ3v) is 1.81. The molecule has 1 N–H and O–H groups in total. The Hall–Kier alpha value is -0.920. The van der Waals surface area contributed by atoms with Crippen molar-refractivity contribution in [2.75, 3.05) is 13.1 Å². The highest BCUT2D eigenvalue weighted by atomic mass is 15.2. The van der Waals surface area contributed by atoms with Gasteiger partial charge in [0.05, 0.1) is 6.04 Å². The van der Waals surface area contributed by atoms with E-state index in [1.165, 1.54) is 0 Å². The maximum atomic E-state index is 3.18. The van der Waals surface area contributed by atoms with Gasteiger partial charge in [0.15, 0.2) is 0 Å². The van der Waals surface area contributed by atoms with Crippen LogP contribution in [0.4, 0.5) is 0 Å². The van der Waals surface area contributed by atoms with Crippen LogP contribution >= 0.6 is 0 Å². The maximum absolute atomic E-state index is 3.18. The van der Waals surface area contributed by atoms with Gasteiger partial charge in [-0.15, -0.1) is 0 Å². The van der Waals surface area contributed by atoms with Crippen molar-refractivity contribution in [2.45, 2.75) is 6.04 Å². The first-order valence-corrected chi connectivity index (χ1v) is 3.29. The summed E-state index contributed by atoms with van der Waals surface area (Å²) in [6, 6.07) is 0.620. The van der Waals surface area contributed by atoms with Gasteiger partial charge in [0.1, 0.15) is 0 Å². The number of fused-ring (bicyclic) bond motifs is 1. The Morgan fingerprint density at radius 1 is 1.56 bits per heavy atom. The molecular weight excluding hydrogens is 112 g/mol. The lowest BCUT2D eigenvalue weighted by molar-refractivity contribution is 0.349. The van der Waals surface area contributed by atoms with Crippen LogP contribution in [-0.2, 0) is 0 Å². The average molecular weight is 122 g/mol. The molecule has 1 unspecified atom stereocenters. The fraction of sp³-hybridized carbons (Fsp3) is 0.429. The Morgan fingerprint density at radius 3 is 3.44 bits per heavy atom. The number of hydrogen-bond donors (Lipinski definition) is 1. The molecule has 2 heterocycles. The zero-order valence-electron chi connectivity index (χ0n) is 5.25. The second-order valence-electron chi connectivity index (χ2n) is 2.42. The van der Waals surface area contributed by atoms with E-state index in [4.69, 9.17) is 0 Å². The predicted molar refractivity (Wildman–Crippen MR) is 36.8 cm³/mol.